The Morgan fingerprint density at radius 2 is 2.14 bits per heavy atom. The molecular weight excluding hydrogens is 184 g/mol. The van der Waals surface area contributed by atoms with E-state index in [1.807, 2.05) is 12.2 Å². The van der Waals surface area contributed by atoms with Gasteiger partial charge >= 0.3 is 5.69 Å². The van der Waals surface area contributed by atoms with Crippen LogP contribution in [0.1, 0.15) is 24.3 Å². The van der Waals surface area contributed by atoms with Gasteiger partial charge in [-0.05, 0) is 12.8 Å². The Balaban J connectivity index is 2.57. The van der Waals surface area contributed by atoms with Gasteiger partial charge in [-0.25, -0.2) is 4.79 Å². The van der Waals surface area contributed by atoms with Crippen molar-refractivity contribution in [2.24, 2.45) is 0 Å². The van der Waals surface area contributed by atoms with Gasteiger partial charge in [-0.15, -0.1) is 0 Å². The minimum Gasteiger partial charge on any atom is -0.494 e. The minimum atomic E-state index is -0.682. The number of rotatable bonds is 1. The first-order valence-corrected chi connectivity index (χ1v) is 4.40. The molecule has 3 N–H and O–H groups in total. The monoisotopic (exact) mass is 194 g/mol. The Morgan fingerprint density at radius 1 is 1.36 bits per heavy atom. The predicted octanol–water partition coefficient (Wildman–Crippen LogP) is 0.202. The number of H-pyrrole nitrogens is 2. The number of hydrogen-bond acceptors (Lipinski definition) is 3. The molecule has 1 aromatic heterocycles. The first-order chi connectivity index (χ1) is 6.68. The van der Waals surface area contributed by atoms with E-state index >= 15 is 0 Å². The Hall–Kier alpha value is -1.78. The van der Waals surface area contributed by atoms with E-state index in [2.05, 4.69) is 9.97 Å². The van der Waals surface area contributed by atoms with Crippen molar-refractivity contribution in [3.63, 3.8) is 0 Å². The second kappa shape index (κ2) is 3.17. The zero-order chi connectivity index (χ0) is 10.1. The van der Waals surface area contributed by atoms with Gasteiger partial charge in [0.05, 0.1) is 5.56 Å². The highest BCUT2D eigenvalue weighted by Crippen LogP contribution is 2.29. The van der Waals surface area contributed by atoms with Gasteiger partial charge in [0.15, 0.2) is 0 Å². The van der Waals surface area contributed by atoms with E-state index in [1.54, 1.807) is 0 Å². The molecule has 1 unspecified atom stereocenters. The first kappa shape index (κ1) is 8.80. The molecule has 5 nitrogen and oxygen atoms in total. The maximum Gasteiger partial charge on any atom is 0.328 e. The summed E-state index contributed by atoms with van der Waals surface area (Å²) in [5.74, 6) is -0.411. The SMILES string of the molecule is O=c1[nH]c(O)c(C2C=CCC2)c(=O)[nH]1. The highest BCUT2D eigenvalue weighted by molar-refractivity contribution is 5.30. The topological polar surface area (TPSA) is 85.9 Å². The van der Waals surface area contributed by atoms with E-state index in [0.29, 0.717) is 0 Å². The van der Waals surface area contributed by atoms with Crippen LogP contribution in [0.4, 0.5) is 0 Å². The zero-order valence-electron chi connectivity index (χ0n) is 7.41. The number of nitrogens with one attached hydrogen (secondary N) is 2. The molecule has 1 heterocycles. The lowest BCUT2D eigenvalue weighted by Gasteiger charge is -2.07. The standard InChI is InChI=1S/C9H10N2O3/c12-7-6(5-3-1-2-4-5)8(13)11-9(14)10-7/h1,3,5H,2,4H2,(H3,10,11,12,13,14). The molecule has 0 saturated carbocycles. The van der Waals surface area contributed by atoms with E-state index in [9.17, 15) is 14.7 Å². The van der Waals surface area contributed by atoms with Crippen molar-refractivity contribution in [3.05, 3.63) is 38.6 Å². The van der Waals surface area contributed by atoms with Crippen molar-refractivity contribution in [2.45, 2.75) is 18.8 Å². The molecule has 74 valence electrons. The molecule has 0 spiro atoms. The Bertz CT molecular complexity index is 484. The molecule has 0 fully saturated rings. The van der Waals surface area contributed by atoms with Gasteiger partial charge in [-0.1, -0.05) is 12.2 Å². The van der Waals surface area contributed by atoms with Gasteiger partial charge in [0.1, 0.15) is 0 Å². The molecule has 0 amide bonds. The molecule has 1 atom stereocenters. The summed E-state index contributed by atoms with van der Waals surface area (Å²) in [5.41, 5.74) is -0.945. The molecule has 0 aliphatic heterocycles. The van der Waals surface area contributed by atoms with Crippen molar-refractivity contribution in [3.8, 4) is 5.88 Å². The van der Waals surface area contributed by atoms with Gasteiger partial charge in [0, 0.05) is 5.92 Å². The molecular formula is C9H10N2O3. The second-order valence-electron chi connectivity index (χ2n) is 3.28. The maximum atomic E-state index is 11.4. The van der Waals surface area contributed by atoms with E-state index in [1.165, 1.54) is 0 Å². The largest absolute Gasteiger partial charge is 0.494 e. The number of hydrogen-bond donors (Lipinski definition) is 3. The number of allylic oxidation sites excluding steroid dienone is 2. The van der Waals surface area contributed by atoms with Crippen LogP contribution in [0.25, 0.3) is 0 Å². The summed E-state index contributed by atoms with van der Waals surface area (Å²) in [6, 6.07) is 0. The van der Waals surface area contributed by atoms with E-state index in [4.69, 9.17) is 0 Å². The van der Waals surface area contributed by atoms with Crippen LogP contribution in [0.3, 0.4) is 0 Å². The third-order valence-electron chi connectivity index (χ3n) is 2.34. The van der Waals surface area contributed by atoms with Crippen LogP contribution < -0.4 is 11.2 Å². The summed E-state index contributed by atoms with van der Waals surface area (Å²) >= 11 is 0. The Kier molecular flexibility index (Phi) is 1.99. The van der Waals surface area contributed by atoms with Crippen molar-refractivity contribution in [1.29, 1.82) is 0 Å². The quantitative estimate of drug-likeness (QED) is 0.558. The number of aromatic amines is 2. The third kappa shape index (κ3) is 1.37. The van der Waals surface area contributed by atoms with Crippen LogP contribution >= 0.6 is 0 Å². The summed E-state index contributed by atoms with van der Waals surface area (Å²) in [5, 5.41) is 9.42. The first-order valence-electron chi connectivity index (χ1n) is 4.40. The smallest absolute Gasteiger partial charge is 0.328 e. The summed E-state index contributed by atoms with van der Waals surface area (Å²) in [6.07, 6.45) is 5.50. The Morgan fingerprint density at radius 3 is 2.71 bits per heavy atom. The van der Waals surface area contributed by atoms with Crippen LogP contribution in [0.5, 0.6) is 5.88 Å². The fraction of sp³-hybridized carbons (Fsp3) is 0.333. The van der Waals surface area contributed by atoms with Crippen LogP contribution in [-0.4, -0.2) is 15.1 Å². The van der Waals surface area contributed by atoms with Crippen molar-refractivity contribution in [2.75, 3.05) is 0 Å². The van der Waals surface area contributed by atoms with Crippen LogP contribution in [-0.2, 0) is 0 Å². The van der Waals surface area contributed by atoms with Crippen molar-refractivity contribution >= 4 is 0 Å². The fourth-order valence-electron chi connectivity index (χ4n) is 1.70. The summed E-state index contributed by atoms with van der Waals surface area (Å²) in [6.45, 7) is 0. The third-order valence-corrected chi connectivity index (χ3v) is 2.34. The average molecular weight is 194 g/mol. The lowest BCUT2D eigenvalue weighted by atomic mass is 10.0. The van der Waals surface area contributed by atoms with E-state index in [0.717, 1.165) is 12.8 Å². The van der Waals surface area contributed by atoms with Crippen molar-refractivity contribution in [1.82, 2.24) is 9.97 Å². The molecule has 5 heteroatoms. The molecule has 0 aromatic carbocycles. The maximum absolute atomic E-state index is 11.4. The molecule has 2 rings (SSSR count). The molecule has 0 radical (unpaired) electrons. The highest BCUT2D eigenvalue weighted by atomic mass is 16.3. The summed E-state index contributed by atoms with van der Waals surface area (Å²) in [7, 11) is 0. The van der Waals surface area contributed by atoms with E-state index in [-0.39, 0.29) is 17.4 Å². The lowest BCUT2D eigenvalue weighted by molar-refractivity contribution is 0.437. The molecule has 1 aliphatic carbocycles. The average Bonchev–Trinajstić information content (AvgIpc) is 2.54. The lowest BCUT2D eigenvalue weighted by Crippen LogP contribution is -2.26. The Labute approximate surface area is 79.1 Å². The second-order valence-corrected chi connectivity index (χ2v) is 3.28. The van der Waals surface area contributed by atoms with Gasteiger partial charge < -0.3 is 5.11 Å². The van der Waals surface area contributed by atoms with Crippen molar-refractivity contribution < 1.29 is 5.11 Å². The summed E-state index contributed by atoms with van der Waals surface area (Å²) in [4.78, 5) is 26.4. The van der Waals surface area contributed by atoms with E-state index < -0.39 is 11.2 Å². The van der Waals surface area contributed by atoms with Crippen LogP contribution in [0.15, 0.2) is 21.7 Å². The number of aromatic nitrogens is 2. The van der Waals surface area contributed by atoms with Gasteiger partial charge in [0.2, 0.25) is 5.88 Å². The van der Waals surface area contributed by atoms with Gasteiger partial charge in [-0.2, -0.15) is 0 Å². The molecule has 0 saturated heterocycles. The predicted molar refractivity (Wildman–Crippen MR) is 50.5 cm³/mol. The summed E-state index contributed by atoms with van der Waals surface area (Å²) < 4.78 is 0. The highest BCUT2D eigenvalue weighted by Gasteiger charge is 2.19. The minimum absolute atomic E-state index is 0.0874. The van der Waals surface area contributed by atoms with Gasteiger partial charge in [-0.3, -0.25) is 14.8 Å². The van der Waals surface area contributed by atoms with Crippen LogP contribution in [0, 0.1) is 0 Å². The zero-order valence-corrected chi connectivity index (χ0v) is 7.41. The molecule has 1 aromatic rings. The normalized spacial score (nSPS) is 20.1. The molecule has 1 aliphatic rings. The van der Waals surface area contributed by atoms with Gasteiger partial charge in [0.25, 0.3) is 5.56 Å². The number of aromatic hydroxyl groups is 1. The molecule has 0 bridgehead atoms. The fourth-order valence-corrected chi connectivity index (χ4v) is 1.70. The van der Waals surface area contributed by atoms with Crippen LogP contribution in [0.2, 0.25) is 0 Å². The molecule has 14 heavy (non-hydrogen) atoms.